The maximum Gasteiger partial charge on any atom is 0.129 e. The Hall–Kier alpha value is -2.34. The second kappa shape index (κ2) is 3.91. The summed E-state index contributed by atoms with van der Waals surface area (Å²) in [6, 6.07) is 11.6. The van der Waals surface area contributed by atoms with Crippen molar-refractivity contribution in [2.75, 3.05) is 0 Å². The highest BCUT2D eigenvalue weighted by Crippen LogP contribution is 2.36. The summed E-state index contributed by atoms with van der Waals surface area (Å²) in [7, 11) is 0. The Labute approximate surface area is 99.3 Å². The molecule has 1 aliphatic heterocycles. The van der Waals surface area contributed by atoms with E-state index in [1.54, 1.807) is 12.3 Å². The van der Waals surface area contributed by atoms with Crippen LogP contribution in [0.3, 0.4) is 0 Å². The van der Waals surface area contributed by atoms with Gasteiger partial charge >= 0.3 is 0 Å². The van der Waals surface area contributed by atoms with Crippen molar-refractivity contribution in [3.8, 4) is 11.8 Å². The van der Waals surface area contributed by atoms with Gasteiger partial charge in [0.1, 0.15) is 11.9 Å². The molecule has 0 N–H and O–H groups in total. The van der Waals surface area contributed by atoms with E-state index in [-0.39, 0.29) is 6.10 Å². The van der Waals surface area contributed by atoms with Gasteiger partial charge in [-0.15, -0.1) is 0 Å². The summed E-state index contributed by atoms with van der Waals surface area (Å²) in [5.41, 5.74) is 2.85. The predicted molar refractivity (Wildman–Crippen MR) is 62.5 cm³/mol. The summed E-state index contributed by atoms with van der Waals surface area (Å²) < 4.78 is 5.84. The van der Waals surface area contributed by atoms with Gasteiger partial charge in [0.05, 0.1) is 11.6 Å². The topological polar surface area (TPSA) is 45.9 Å². The molecule has 1 aromatic carbocycles. The molecule has 17 heavy (non-hydrogen) atoms. The first-order valence-electron chi connectivity index (χ1n) is 5.46. The average molecular weight is 222 g/mol. The summed E-state index contributed by atoms with van der Waals surface area (Å²) in [5.74, 6) is 0.873. The summed E-state index contributed by atoms with van der Waals surface area (Å²) in [6.45, 7) is 0. The number of rotatable bonds is 1. The number of pyridine rings is 1. The second-order valence-electron chi connectivity index (χ2n) is 4.03. The number of hydrogen-bond acceptors (Lipinski definition) is 3. The third-order valence-electron chi connectivity index (χ3n) is 2.92. The molecule has 0 radical (unpaired) electrons. The Morgan fingerprint density at radius 1 is 1.35 bits per heavy atom. The lowest BCUT2D eigenvalue weighted by Crippen LogP contribution is -2.02. The lowest BCUT2D eigenvalue weighted by atomic mass is 10.0. The van der Waals surface area contributed by atoms with E-state index in [1.165, 1.54) is 0 Å². The number of hydrogen-bond donors (Lipinski definition) is 0. The first kappa shape index (κ1) is 9.86. The molecule has 3 nitrogen and oxygen atoms in total. The zero-order valence-corrected chi connectivity index (χ0v) is 9.13. The Kier molecular flexibility index (Phi) is 2.27. The SMILES string of the molecule is N#Cc1ccc2c(c1)C[C@@H](c1cccnc1)O2. The minimum atomic E-state index is 0.0210. The fourth-order valence-corrected chi connectivity index (χ4v) is 2.07. The van der Waals surface area contributed by atoms with Crippen molar-refractivity contribution in [3.05, 3.63) is 59.4 Å². The Morgan fingerprint density at radius 3 is 3.06 bits per heavy atom. The van der Waals surface area contributed by atoms with Crippen molar-refractivity contribution >= 4 is 0 Å². The third-order valence-corrected chi connectivity index (χ3v) is 2.92. The van der Waals surface area contributed by atoms with Crippen molar-refractivity contribution in [1.82, 2.24) is 4.98 Å². The van der Waals surface area contributed by atoms with Crippen LogP contribution in [-0.2, 0) is 6.42 Å². The molecular formula is C14H10N2O. The molecule has 0 saturated heterocycles. The standard InChI is InChI=1S/C14H10N2O/c15-8-10-3-4-13-12(6-10)7-14(17-13)11-2-1-5-16-9-11/h1-6,9,14H,7H2/t14-/m0/s1. The molecule has 3 rings (SSSR count). The highest BCUT2D eigenvalue weighted by molar-refractivity contribution is 5.45. The molecule has 0 unspecified atom stereocenters. The van der Waals surface area contributed by atoms with Crippen molar-refractivity contribution in [1.29, 1.82) is 5.26 Å². The minimum Gasteiger partial charge on any atom is -0.485 e. The van der Waals surface area contributed by atoms with Crippen LogP contribution in [0.5, 0.6) is 5.75 Å². The molecule has 0 spiro atoms. The van der Waals surface area contributed by atoms with E-state index < -0.39 is 0 Å². The molecule has 0 bridgehead atoms. The van der Waals surface area contributed by atoms with E-state index in [0.717, 1.165) is 23.3 Å². The summed E-state index contributed by atoms with van der Waals surface area (Å²) in [5, 5.41) is 8.85. The van der Waals surface area contributed by atoms with Crippen LogP contribution >= 0.6 is 0 Å². The number of ether oxygens (including phenoxy) is 1. The van der Waals surface area contributed by atoms with Gasteiger partial charge < -0.3 is 4.74 Å². The van der Waals surface area contributed by atoms with Crippen LogP contribution in [0.25, 0.3) is 0 Å². The van der Waals surface area contributed by atoms with Gasteiger partial charge in [0, 0.05) is 24.4 Å². The van der Waals surface area contributed by atoms with Crippen LogP contribution < -0.4 is 4.74 Å². The highest BCUT2D eigenvalue weighted by atomic mass is 16.5. The van der Waals surface area contributed by atoms with Gasteiger partial charge in [-0.2, -0.15) is 5.26 Å². The average Bonchev–Trinajstić information content (AvgIpc) is 2.82. The van der Waals surface area contributed by atoms with Gasteiger partial charge in [-0.05, 0) is 29.8 Å². The fraction of sp³-hybridized carbons (Fsp3) is 0.143. The highest BCUT2D eigenvalue weighted by Gasteiger charge is 2.24. The molecule has 82 valence electrons. The van der Waals surface area contributed by atoms with E-state index >= 15 is 0 Å². The minimum absolute atomic E-state index is 0.0210. The Morgan fingerprint density at radius 2 is 2.29 bits per heavy atom. The van der Waals surface area contributed by atoms with Crippen LogP contribution in [0, 0.1) is 11.3 Å². The first-order chi connectivity index (χ1) is 8.36. The first-order valence-corrected chi connectivity index (χ1v) is 5.46. The van der Waals surface area contributed by atoms with Crippen LogP contribution in [0.1, 0.15) is 22.8 Å². The van der Waals surface area contributed by atoms with Gasteiger partial charge in [0.15, 0.2) is 0 Å². The molecule has 1 atom stereocenters. The van der Waals surface area contributed by atoms with Crippen molar-refractivity contribution in [3.63, 3.8) is 0 Å². The zero-order valence-electron chi connectivity index (χ0n) is 9.13. The lowest BCUT2D eigenvalue weighted by Gasteiger charge is -2.09. The molecule has 1 aromatic heterocycles. The molecular weight excluding hydrogens is 212 g/mol. The largest absolute Gasteiger partial charge is 0.485 e. The van der Waals surface area contributed by atoms with Crippen LogP contribution in [0.2, 0.25) is 0 Å². The fourth-order valence-electron chi connectivity index (χ4n) is 2.07. The van der Waals surface area contributed by atoms with E-state index in [0.29, 0.717) is 5.56 Å². The quantitative estimate of drug-likeness (QED) is 0.745. The number of fused-ring (bicyclic) bond motifs is 1. The van der Waals surface area contributed by atoms with Crippen molar-refractivity contribution < 1.29 is 4.74 Å². The maximum atomic E-state index is 8.85. The molecule has 0 saturated carbocycles. The van der Waals surface area contributed by atoms with Crippen LogP contribution in [0.4, 0.5) is 0 Å². The molecule has 0 amide bonds. The summed E-state index contributed by atoms with van der Waals surface area (Å²) in [6.07, 6.45) is 4.39. The molecule has 0 aliphatic carbocycles. The van der Waals surface area contributed by atoms with Gasteiger partial charge in [0.2, 0.25) is 0 Å². The lowest BCUT2D eigenvalue weighted by molar-refractivity contribution is 0.238. The predicted octanol–water partition coefficient (Wildman–Crippen LogP) is 2.63. The summed E-state index contributed by atoms with van der Waals surface area (Å²) >= 11 is 0. The maximum absolute atomic E-state index is 8.85. The smallest absolute Gasteiger partial charge is 0.129 e. The molecule has 1 aliphatic rings. The van der Waals surface area contributed by atoms with Gasteiger partial charge in [-0.25, -0.2) is 0 Å². The van der Waals surface area contributed by atoms with Crippen molar-refractivity contribution in [2.45, 2.75) is 12.5 Å². The molecule has 2 aromatic rings. The van der Waals surface area contributed by atoms with E-state index in [1.807, 2.05) is 30.5 Å². The second-order valence-corrected chi connectivity index (χ2v) is 4.03. The number of benzene rings is 1. The normalized spacial score (nSPS) is 17.0. The molecule has 3 heteroatoms. The third kappa shape index (κ3) is 1.74. The zero-order chi connectivity index (χ0) is 11.7. The number of aromatic nitrogens is 1. The monoisotopic (exact) mass is 222 g/mol. The van der Waals surface area contributed by atoms with Gasteiger partial charge in [-0.1, -0.05) is 6.07 Å². The molecule has 2 heterocycles. The molecule has 0 fully saturated rings. The van der Waals surface area contributed by atoms with Crippen molar-refractivity contribution in [2.24, 2.45) is 0 Å². The van der Waals surface area contributed by atoms with E-state index in [2.05, 4.69) is 11.1 Å². The van der Waals surface area contributed by atoms with E-state index in [9.17, 15) is 0 Å². The van der Waals surface area contributed by atoms with Crippen LogP contribution in [-0.4, -0.2) is 4.98 Å². The number of nitrogens with zero attached hydrogens (tertiary/aromatic N) is 2. The van der Waals surface area contributed by atoms with Crippen LogP contribution in [0.15, 0.2) is 42.7 Å². The Balaban J connectivity index is 1.91. The Bertz CT molecular complexity index is 587. The van der Waals surface area contributed by atoms with Gasteiger partial charge in [-0.3, -0.25) is 4.98 Å². The van der Waals surface area contributed by atoms with Gasteiger partial charge in [0.25, 0.3) is 0 Å². The number of nitriles is 1. The summed E-state index contributed by atoms with van der Waals surface area (Å²) in [4.78, 5) is 4.09. The van der Waals surface area contributed by atoms with E-state index in [4.69, 9.17) is 10.00 Å².